The fourth-order valence-corrected chi connectivity index (χ4v) is 4.89. The highest BCUT2D eigenvalue weighted by molar-refractivity contribution is 7.99. The number of hydrogen-bond donors (Lipinski definition) is 0. The van der Waals surface area contributed by atoms with Gasteiger partial charge in [-0.25, -0.2) is 13.8 Å². The van der Waals surface area contributed by atoms with Crippen LogP contribution in [0.25, 0.3) is 10.2 Å². The quantitative estimate of drug-likeness (QED) is 0.319. The number of carbonyl (C=O) groups is 1. The van der Waals surface area contributed by atoms with E-state index in [9.17, 15) is 13.6 Å². The molecule has 4 rings (SSSR count). The van der Waals surface area contributed by atoms with Crippen molar-refractivity contribution in [1.29, 1.82) is 0 Å². The molecule has 0 unspecified atom stereocenters. The molecule has 1 amide bonds. The van der Waals surface area contributed by atoms with Crippen LogP contribution in [0.3, 0.4) is 0 Å². The number of fused-ring (bicyclic) bond motifs is 1. The Morgan fingerprint density at radius 1 is 1.13 bits per heavy atom. The van der Waals surface area contributed by atoms with Crippen LogP contribution in [0.4, 0.5) is 13.9 Å². The summed E-state index contributed by atoms with van der Waals surface area (Å²) in [5, 5.41) is 0.719. The minimum absolute atomic E-state index is 0.0453. The first-order chi connectivity index (χ1) is 14.9. The number of thioether (sulfide) groups is 1. The molecule has 0 aliphatic heterocycles. The summed E-state index contributed by atoms with van der Waals surface area (Å²) in [6.45, 7) is 4.37. The van der Waals surface area contributed by atoms with E-state index in [1.165, 1.54) is 11.0 Å². The number of carbonyl (C=O) groups excluding carboxylic acids is 1. The van der Waals surface area contributed by atoms with Crippen LogP contribution < -0.4 is 4.90 Å². The van der Waals surface area contributed by atoms with Crippen molar-refractivity contribution in [2.45, 2.75) is 30.5 Å². The van der Waals surface area contributed by atoms with E-state index in [1.807, 2.05) is 18.2 Å². The number of benzene rings is 2. The van der Waals surface area contributed by atoms with Crippen molar-refractivity contribution in [1.82, 2.24) is 9.97 Å². The number of halogens is 2. The van der Waals surface area contributed by atoms with Gasteiger partial charge in [-0.05, 0) is 42.5 Å². The molecule has 0 bridgehead atoms. The predicted octanol–water partition coefficient (Wildman–Crippen LogP) is 6.32. The molecule has 0 aliphatic carbocycles. The molecule has 8 heteroatoms. The maximum absolute atomic E-state index is 14.2. The molecule has 0 spiro atoms. The number of hydrogen-bond acceptors (Lipinski definition) is 5. The highest BCUT2D eigenvalue weighted by Gasteiger charge is 2.23. The van der Waals surface area contributed by atoms with E-state index in [1.54, 1.807) is 42.2 Å². The Balaban J connectivity index is 1.72. The van der Waals surface area contributed by atoms with Crippen LogP contribution in [0.5, 0.6) is 0 Å². The second kappa shape index (κ2) is 9.11. The molecule has 158 valence electrons. The largest absolute Gasteiger partial charge is 0.278 e. The van der Waals surface area contributed by atoms with Gasteiger partial charge in [0.25, 0.3) is 5.91 Å². The van der Waals surface area contributed by atoms with Crippen molar-refractivity contribution < 1.29 is 13.6 Å². The van der Waals surface area contributed by atoms with E-state index in [4.69, 9.17) is 0 Å². The topological polar surface area (TPSA) is 46.1 Å². The monoisotopic (exact) mass is 455 g/mol. The molecule has 0 saturated carbocycles. The Bertz CT molecular complexity index is 1210. The average Bonchev–Trinajstić information content (AvgIpc) is 3.16. The van der Waals surface area contributed by atoms with Gasteiger partial charge in [0.15, 0.2) is 10.9 Å². The lowest BCUT2D eigenvalue weighted by Crippen LogP contribution is -2.30. The van der Waals surface area contributed by atoms with Gasteiger partial charge >= 0.3 is 0 Å². The first-order valence-electron chi connectivity index (χ1n) is 9.65. The number of anilines is 1. The van der Waals surface area contributed by atoms with Crippen molar-refractivity contribution >= 4 is 44.4 Å². The Morgan fingerprint density at radius 2 is 1.90 bits per heavy atom. The summed E-state index contributed by atoms with van der Waals surface area (Å²) >= 11 is 2.78. The van der Waals surface area contributed by atoms with Gasteiger partial charge in [0, 0.05) is 28.0 Å². The van der Waals surface area contributed by atoms with Crippen molar-refractivity contribution in [2.75, 3.05) is 4.90 Å². The Labute approximate surface area is 187 Å². The van der Waals surface area contributed by atoms with Crippen LogP contribution in [0, 0.1) is 11.6 Å². The summed E-state index contributed by atoms with van der Waals surface area (Å²) in [7, 11) is 0. The summed E-state index contributed by atoms with van der Waals surface area (Å²) in [4.78, 5) is 24.5. The van der Waals surface area contributed by atoms with Crippen molar-refractivity contribution in [3.63, 3.8) is 0 Å². The van der Waals surface area contributed by atoms with E-state index in [2.05, 4.69) is 23.8 Å². The predicted molar refractivity (Wildman–Crippen MR) is 122 cm³/mol. The smallest absolute Gasteiger partial charge is 0.260 e. The lowest BCUT2D eigenvalue weighted by atomic mass is 10.2. The minimum Gasteiger partial charge on any atom is -0.278 e. The molecule has 2 aromatic carbocycles. The van der Waals surface area contributed by atoms with E-state index in [0.717, 1.165) is 22.3 Å². The average molecular weight is 456 g/mol. The molecule has 0 saturated heterocycles. The molecule has 4 aromatic rings. The number of thiazole rings is 1. The Hall–Kier alpha value is -2.84. The van der Waals surface area contributed by atoms with Gasteiger partial charge in [0.2, 0.25) is 0 Å². The Morgan fingerprint density at radius 3 is 2.58 bits per heavy atom. The molecular formula is C23H19F2N3OS2. The molecule has 0 atom stereocenters. The van der Waals surface area contributed by atoms with Gasteiger partial charge in [-0.3, -0.25) is 14.7 Å². The van der Waals surface area contributed by atoms with E-state index >= 15 is 0 Å². The number of pyridine rings is 1. The molecule has 4 nitrogen and oxygen atoms in total. The van der Waals surface area contributed by atoms with Crippen LogP contribution in [0.1, 0.15) is 29.9 Å². The summed E-state index contributed by atoms with van der Waals surface area (Å²) in [6, 6.07) is 14.8. The number of amides is 1. The standard InChI is InChI=1S/C23H19F2N3OS2/c1-14(2)30-18-8-6-15(7-9-18)22(29)28(13-17-5-3-4-10-26-17)23-27-21-19(25)11-16(24)12-20(21)31-23/h3-12,14H,13H2,1-2H3. The molecule has 2 aromatic heterocycles. The van der Waals surface area contributed by atoms with Gasteiger partial charge in [-0.2, -0.15) is 0 Å². The fourth-order valence-electron chi connectivity index (χ4n) is 3.04. The van der Waals surface area contributed by atoms with Gasteiger partial charge in [-0.1, -0.05) is 31.3 Å². The van der Waals surface area contributed by atoms with Gasteiger partial charge in [-0.15, -0.1) is 11.8 Å². The molecule has 0 N–H and O–H groups in total. The first kappa shape index (κ1) is 21.4. The second-order valence-electron chi connectivity index (χ2n) is 7.13. The molecular weight excluding hydrogens is 436 g/mol. The third kappa shape index (κ3) is 4.91. The third-order valence-electron chi connectivity index (χ3n) is 4.40. The van der Waals surface area contributed by atoms with Crippen molar-refractivity contribution in [3.8, 4) is 0 Å². The van der Waals surface area contributed by atoms with Crippen LogP contribution >= 0.6 is 23.1 Å². The first-order valence-corrected chi connectivity index (χ1v) is 11.3. The SMILES string of the molecule is CC(C)Sc1ccc(C(=O)N(Cc2ccccn2)c2nc3c(F)cc(F)cc3s2)cc1. The van der Waals surface area contributed by atoms with Crippen molar-refractivity contribution in [2.24, 2.45) is 0 Å². The zero-order chi connectivity index (χ0) is 22.0. The summed E-state index contributed by atoms with van der Waals surface area (Å²) in [5.41, 5.74) is 1.19. The van der Waals surface area contributed by atoms with Crippen LogP contribution in [0.15, 0.2) is 65.7 Å². The fraction of sp³-hybridized carbons (Fsp3) is 0.174. The zero-order valence-corrected chi connectivity index (χ0v) is 18.5. The van der Waals surface area contributed by atoms with E-state index in [-0.39, 0.29) is 23.1 Å². The number of aromatic nitrogens is 2. The Kier molecular flexibility index (Phi) is 6.29. The molecule has 31 heavy (non-hydrogen) atoms. The van der Waals surface area contributed by atoms with Gasteiger partial charge < -0.3 is 0 Å². The molecule has 0 aliphatic rings. The van der Waals surface area contributed by atoms with Crippen LogP contribution in [-0.2, 0) is 6.54 Å². The lowest BCUT2D eigenvalue weighted by Gasteiger charge is -2.20. The highest BCUT2D eigenvalue weighted by Crippen LogP contribution is 2.33. The highest BCUT2D eigenvalue weighted by atomic mass is 32.2. The van der Waals surface area contributed by atoms with Crippen LogP contribution in [0.2, 0.25) is 0 Å². The summed E-state index contributed by atoms with van der Waals surface area (Å²) in [5.74, 6) is -1.72. The number of nitrogens with zero attached hydrogens (tertiary/aromatic N) is 3. The van der Waals surface area contributed by atoms with Gasteiger partial charge in [0.05, 0.1) is 16.9 Å². The normalized spacial score (nSPS) is 11.3. The zero-order valence-electron chi connectivity index (χ0n) is 16.9. The van der Waals surface area contributed by atoms with Gasteiger partial charge in [0.1, 0.15) is 11.3 Å². The molecule has 0 fully saturated rings. The maximum Gasteiger partial charge on any atom is 0.260 e. The van der Waals surface area contributed by atoms with Crippen LogP contribution in [-0.4, -0.2) is 21.1 Å². The maximum atomic E-state index is 14.2. The van der Waals surface area contributed by atoms with E-state index in [0.29, 0.717) is 21.2 Å². The molecule has 2 heterocycles. The lowest BCUT2D eigenvalue weighted by molar-refractivity contribution is 0.0984. The minimum atomic E-state index is -0.752. The third-order valence-corrected chi connectivity index (χ3v) is 6.44. The molecule has 0 radical (unpaired) electrons. The second-order valence-corrected chi connectivity index (χ2v) is 9.79. The number of rotatable bonds is 6. The summed E-state index contributed by atoms with van der Waals surface area (Å²) < 4.78 is 28.2. The summed E-state index contributed by atoms with van der Waals surface area (Å²) in [6.07, 6.45) is 1.64. The van der Waals surface area contributed by atoms with Crippen molar-refractivity contribution in [3.05, 3.63) is 83.7 Å². The van der Waals surface area contributed by atoms with E-state index < -0.39 is 11.6 Å².